The molecule has 0 spiro atoms. The highest BCUT2D eigenvalue weighted by molar-refractivity contribution is 6.11. The highest BCUT2D eigenvalue weighted by atomic mass is 19.1. The van der Waals surface area contributed by atoms with E-state index in [1.54, 1.807) is 54.6 Å². The largest absolute Gasteiger partial charge is 0.497 e. The smallest absolute Gasteiger partial charge is 0.262 e. The minimum atomic E-state index is -0.488. The van der Waals surface area contributed by atoms with Crippen molar-refractivity contribution in [2.75, 3.05) is 17.3 Å². The third kappa shape index (κ3) is 2.75. The third-order valence-electron chi connectivity index (χ3n) is 4.30. The van der Waals surface area contributed by atoms with Crippen molar-refractivity contribution in [1.82, 2.24) is 4.98 Å². The van der Waals surface area contributed by atoms with Crippen molar-refractivity contribution in [3.8, 4) is 5.75 Å². The monoisotopic (exact) mass is 349 g/mol. The zero-order valence-electron chi connectivity index (χ0n) is 14.0. The average molecular weight is 349 g/mol. The van der Waals surface area contributed by atoms with E-state index in [1.807, 2.05) is 12.1 Å². The number of hydrogen-bond donors (Lipinski definition) is 1. The molecule has 0 fully saturated rings. The van der Waals surface area contributed by atoms with Crippen LogP contribution in [0.15, 0.2) is 66.9 Å². The van der Waals surface area contributed by atoms with Crippen LogP contribution < -0.4 is 15.0 Å². The number of carbonyl (C=O) groups is 1. The van der Waals surface area contributed by atoms with E-state index in [9.17, 15) is 9.18 Å². The first-order chi connectivity index (χ1) is 12.7. The molecule has 0 unspecified atom stereocenters. The molecular weight excluding hydrogens is 333 g/mol. The van der Waals surface area contributed by atoms with Crippen molar-refractivity contribution in [2.24, 2.45) is 0 Å². The summed E-state index contributed by atoms with van der Waals surface area (Å²) in [7, 11) is 1.59. The number of carbonyl (C=O) groups excluding carboxylic acids is 1. The van der Waals surface area contributed by atoms with E-state index in [2.05, 4.69) is 10.3 Å². The predicted octanol–water partition coefficient (Wildman–Crippen LogP) is 4.00. The minimum absolute atomic E-state index is 0.141. The number of hydrogen-bond acceptors (Lipinski definition) is 4. The molecule has 3 aromatic rings. The van der Waals surface area contributed by atoms with Gasteiger partial charge in [-0.3, -0.25) is 14.7 Å². The fraction of sp³-hybridized carbons (Fsp3) is 0.100. The Morgan fingerprint density at radius 1 is 1.08 bits per heavy atom. The summed E-state index contributed by atoms with van der Waals surface area (Å²) in [4.78, 5) is 19.0. The Kier molecular flexibility index (Phi) is 4.01. The summed E-state index contributed by atoms with van der Waals surface area (Å²) in [5.41, 5.74) is 2.59. The fourth-order valence-electron chi connectivity index (χ4n) is 3.03. The topological polar surface area (TPSA) is 54.5 Å². The molecule has 6 heteroatoms. The van der Waals surface area contributed by atoms with Crippen molar-refractivity contribution >= 4 is 17.3 Å². The van der Waals surface area contributed by atoms with Crippen LogP contribution in [0.1, 0.15) is 22.2 Å². The quantitative estimate of drug-likeness (QED) is 0.773. The zero-order valence-corrected chi connectivity index (χ0v) is 14.0. The highest BCUT2D eigenvalue weighted by Gasteiger charge is 2.38. The molecule has 1 atom stereocenters. The van der Waals surface area contributed by atoms with E-state index in [4.69, 9.17) is 4.74 Å². The fourth-order valence-corrected chi connectivity index (χ4v) is 3.03. The number of nitrogens with one attached hydrogen (secondary N) is 1. The molecule has 2 heterocycles. The van der Waals surface area contributed by atoms with Crippen molar-refractivity contribution in [3.05, 3.63) is 83.9 Å². The van der Waals surface area contributed by atoms with Gasteiger partial charge in [0, 0.05) is 17.6 Å². The van der Waals surface area contributed by atoms with Gasteiger partial charge in [0.05, 0.1) is 18.4 Å². The van der Waals surface area contributed by atoms with Crippen molar-refractivity contribution in [3.63, 3.8) is 0 Å². The Hall–Kier alpha value is -3.41. The van der Waals surface area contributed by atoms with Crippen LogP contribution in [-0.4, -0.2) is 18.0 Å². The summed E-state index contributed by atoms with van der Waals surface area (Å²) >= 11 is 0. The van der Waals surface area contributed by atoms with Gasteiger partial charge < -0.3 is 10.1 Å². The average Bonchev–Trinajstić information content (AvgIpc) is 2.96. The lowest BCUT2D eigenvalue weighted by molar-refractivity contribution is 0.0993. The maximum atomic E-state index is 13.2. The number of amides is 1. The standard InChI is InChI=1S/C20H16FN3O2/c1-26-16-10-8-15(9-11-16)24-19(23-14-6-4-13(21)5-7-14)18-17(20(24)25)3-2-12-22-18/h2-12,19,23H,1H3/t19-/m1/s1. The molecule has 1 N–H and O–H groups in total. The Morgan fingerprint density at radius 2 is 1.81 bits per heavy atom. The summed E-state index contributed by atoms with van der Waals surface area (Å²) < 4.78 is 18.4. The molecule has 0 aliphatic carbocycles. The number of nitrogens with zero attached hydrogens (tertiary/aromatic N) is 2. The molecule has 1 aromatic heterocycles. The van der Waals surface area contributed by atoms with Crippen LogP contribution in [0.25, 0.3) is 0 Å². The Bertz CT molecular complexity index is 942. The first-order valence-corrected chi connectivity index (χ1v) is 8.12. The first-order valence-electron chi connectivity index (χ1n) is 8.12. The van der Waals surface area contributed by atoms with E-state index >= 15 is 0 Å². The maximum Gasteiger partial charge on any atom is 0.262 e. The lowest BCUT2D eigenvalue weighted by Gasteiger charge is -2.26. The molecule has 5 nitrogen and oxygen atoms in total. The van der Waals surface area contributed by atoms with Crippen LogP contribution in [0.4, 0.5) is 15.8 Å². The second-order valence-corrected chi connectivity index (χ2v) is 5.86. The van der Waals surface area contributed by atoms with Gasteiger partial charge in [-0.2, -0.15) is 0 Å². The van der Waals surface area contributed by atoms with E-state index in [0.29, 0.717) is 28.4 Å². The summed E-state index contributed by atoms with van der Waals surface area (Å²) in [5.74, 6) is 0.251. The number of methoxy groups -OCH3 is 1. The lowest BCUT2D eigenvalue weighted by Crippen LogP contribution is -2.32. The van der Waals surface area contributed by atoms with Crippen LogP contribution >= 0.6 is 0 Å². The third-order valence-corrected chi connectivity index (χ3v) is 4.30. The summed E-state index contributed by atoms with van der Waals surface area (Å²) in [6, 6.07) is 16.7. The minimum Gasteiger partial charge on any atom is -0.497 e. The van der Waals surface area contributed by atoms with Gasteiger partial charge in [-0.15, -0.1) is 0 Å². The number of aromatic nitrogens is 1. The number of halogens is 1. The number of rotatable bonds is 4. The van der Waals surface area contributed by atoms with E-state index in [-0.39, 0.29) is 11.7 Å². The van der Waals surface area contributed by atoms with Gasteiger partial charge in [-0.1, -0.05) is 0 Å². The Labute approximate surface area is 150 Å². The zero-order chi connectivity index (χ0) is 18.1. The number of pyridine rings is 1. The number of anilines is 2. The second kappa shape index (κ2) is 6.48. The van der Waals surface area contributed by atoms with Crippen LogP contribution in [0.2, 0.25) is 0 Å². The van der Waals surface area contributed by atoms with Crippen LogP contribution in [0.3, 0.4) is 0 Å². The molecule has 0 saturated carbocycles. The first kappa shape index (κ1) is 16.1. The SMILES string of the molecule is COc1ccc(N2C(=O)c3cccnc3[C@@H]2Nc2ccc(F)cc2)cc1. The predicted molar refractivity (Wildman–Crippen MR) is 96.8 cm³/mol. The Balaban J connectivity index is 1.75. The highest BCUT2D eigenvalue weighted by Crippen LogP contribution is 2.37. The molecule has 1 aliphatic rings. The number of fused-ring (bicyclic) bond motifs is 1. The molecule has 26 heavy (non-hydrogen) atoms. The summed E-state index contributed by atoms with van der Waals surface area (Å²) in [6.45, 7) is 0. The van der Waals surface area contributed by atoms with Crippen LogP contribution in [0.5, 0.6) is 5.75 Å². The molecule has 130 valence electrons. The van der Waals surface area contributed by atoms with Gasteiger partial charge in [0.15, 0.2) is 6.17 Å². The van der Waals surface area contributed by atoms with Crippen LogP contribution in [-0.2, 0) is 0 Å². The Morgan fingerprint density at radius 3 is 2.50 bits per heavy atom. The maximum absolute atomic E-state index is 13.2. The molecular formula is C20H16FN3O2. The van der Waals surface area contributed by atoms with Gasteiger partial charge in [-0.05, 0) is 60.7 Å². The summed E-state index contributed by atoms with van der Waals surface area (Å²) in [5, 5.41) is 3.28. The second-order valence-electron chi connectivity index (χ2n) is 5.86. The van der Waals surface area contributed by atoms with Gasteiger partial charge in [0.25, 0.3) is 5.91 Å². The van der Waals surface area contributed by atoms with Crippen LogP contribution in [0, 0.1) is 5.82 Å². The molecule has 0 bridgehead atoms. The molecule has 0 radical (unpaired) electrons. The van der Waals surface area contributed by atoms with Gasteiger partial charge in [0.2, 0.25) is 0 Å². The normalized spacial score (nSPS) is 15.7. The van der Waals surface area contributed by atoms with Crippen molar-refractivity contribution in [1.29, 1.82) is 0 Å². The lowest BCUT2D eigenvalue weighted by atomic mass is 10.2. The van der Waals surface area contributed by atoms with Gasteiger partial charge >= 0.3 is 0 Å². The van der Waals surface area contributed by atoms with E-state index in [0.717, 1.165) is 0 Å². The van der Waals surface area contributed by atoms with Gasteiger partial charge in [0.1, 0.15) is 11.6 Å². The number of benzene rings is 2. The van der Waals surface area contributed by atoms with Crippen molar-refractivity contribution < 1.29 is 13.9 Å². The molecule has 0 saturated heterocycles. The summed E-state index contributed by atoms with van der Waals surface area (Å²) in [6.07, 6.45) is 1.17. The molecule has 4 rings (SSSR count). The molecule has 1 amide bonds. The molecule has 2 aromatic carbocycles. The molecule has 1 aliphatic heterocycles. The van der Waals surface area contributed by atoms with Crippen molar-refractivity contribution in [2.45, 2.75) is 6.17 Å². The number of ether oxygens (including phenoxy) is 1. The van der Waals surface area contributed by atoms with E-state index in [1.165, 1.54) is 12.1 Å². The van der Waals surface area contributed by atoms with Gasteiger partial charge in [-0.25, -0.2) is 4.39 Å². The van der Waals surface area contributed by atoms with E-state index < -0.39 is 6.17 Å².